The van der Waals surface area contributed by atoms with E-state index in [9.17, 15) is 0 Å². The molecular weight excluding hydrogens is 366 g/mol. The van der Waals surface area contributed by atoms with Crippen LogP contribution in [0.4, 0.5) is 5.95 Å². The molecule has 29 heavy (non-hydrogen) atoms. The van der Waals surface area contributed by atoms with E-state index in [0.29, 0.717) is 25.0 Å². The number of anilines is 1. The van der Waals surface area contributed by atoms with Gasteiger partial charge < -0.3 is 14.8 Å². The molecule has 2 aromatic heterocycles. The van der Waals surface area contributed by atoms with Crippen LogP contribution in [0, 0.1) is 6.92 Å². The van der Waals surface area contributed by atoms with Gasteiger partial charge in [-0.1, -0.05) is 42.5 Å². The van der Waals surface area contributed by atoms with Crippen molar-refractivity contribution in [2.45, 2.75) is 20.1 Å². The highest BCUT2D eigenvalue weighted by Gasteiger charge is 2.15. The Hall–Kier alpha value is -3.45. The largest absolute Gasteiger partial charge is 0.467 e. The Morgan fingerprint density at radius 2 is 1.79 bits per heavy atom. The highest BCUT2D eigenvalue weighted by atomic mass is 16.5. The molecule has 2 aromatic carbocycles. The van der Waals surface area contributed by atoms with Gasteiger partial charge >= 0.3 is 6.01 Å². The first kappa shape index (κ1) is 18.9. The first-order chi connectivity index (χ1) is 14.2. The molecule has 0 saturated carbocycles. The zero-order valence-corrected chi connectivity index (χ0v) is 16.7. The minimum absolute atomic E-state index is 0.264. The van der Waals surface area contributed by atoms with Crippen molar-refractivity contribution in [3.63, 3.8) is 0 Å². The molecule has 0 saturated heterocycles. The number of methoxy groups -OCH3 is 2. The van der Waals surface area contributed by atoms with Gasteiger partial charge in [0.15, 0.2) is 0 Å². The third-order valence-corrected chi connectivity index (χ3v) is 4.70. The van der Waals surface area contributed by atoms with Crippen LogP contribution in [0.5, 0.6) is 6.01 Å². The topological polar surface area (TPSA) is 74.1 Å². The van der Waals surface area contributed by atoms with Crippen molar-refractivity contribution in [2.24, 2.45) is 0 Å². The number of hydrogen-bond acceptors (Lipinski definition) is 6. The number of ether oxygens (including phenoxy) is 2. The van der Waals surface area contributed by atoms with Crippen molar-refractivity contribution in [1.29, 1.82) is 0 Å². The molecule has 4 rings (SSSR count). The van der Waals surface area contributed by atoms with Crippen molar-refractivity contribution >= 4 is 16.9 Å². The van der Waals surface area contributed by atoms with Crippen molar-refractivity contribution in [3.05, 3.63) is 71.4 Å². The van der Waals surface area contributed by atoms with E-state index in [2.05, 4.69) is 38.5 Å². The lowest BCUT2D eigenvalue weighted by molar-refractivity contribution is 0.186. The summed E-state index contributed by atoms with van der Waals surface area (Å²) in [5, 5.41) is 4.38. The number of aromatic nitrogens is 4. The Morgan fingerprint density at radius 1 is 0.966 bits per heavy atom. The summed E-state index contributed by atoms with van der Waals surface area (Å²) in [5.74, 6) is 0.972. The molecular formula is C22H23N5O2. The molecule has 0 bridgehead atoms. The van der Waals surface area contributed by atoms with Gasteiger partial charge in [-0.3, -0.25) is 4.57 Å². The summed E-state index contributed by atoms with van der Waals surface area (Å²) in [4.78, 5) is 13.5. The van der Waals surface area contributed by atoms with E-state index in [-0.39, 0.29) is 6.01 Å². The van der Waals surface area contributed by atoms with Gasteiger partial charge in [-0.2, -0.15) is 15.0 Å². The first-order valence-corrected chi connectivity index (χ1v) is 9.36. The van der Waals surface area contributed by atoms with Gasteiger partial charge in [0.25, 0.3) is 0 Å². The summed E-state index contributed by atoms with van der Waals surface area (Å²) >= 11 is 0. The minimum Gasteiger partial charge on any atom is -0.467 e. The Morgan fingerprint density at radius 3 is 2.55 bits per heavy atom. The monoisotopic (exact) mass is 389 g/mol. The van der Waals surface area contributed by atoms with Gasteiger partial charge in [-0.25, -0.2) is 0 Å². The van der Waals surface area contributed by atoms with Crippen LogP contribution in [-0.4, -0.2) is 33.7 Å². The molecule has 0 aliphatic rings. The van der Waals surface area contributed by atoms with E-state index in [0.717, 1.165) is 27.7 Å². The molecule has 1 N–H and O–H groups in total. The average Bonchev–Trinajstić information content (AvgIpc) is 3.10. The average molecular weight is 389 g/mol. The molecule has 0 aliphatic heterocycles. The van der Waals surface area contributed by atoms with Gasteiger partial charge in [0.2, 0.25) is 11.9 Å². The maximum atomic E-state index is 5.34. The summed E-state index contributed by atoms with van der Waals surface area (Å²) in [6, 6.07) is 18.6. The van der Waals surface area contributed by atoms with Crippen LogP contribution < -0.4 is 10.1 Å². The predicted octanol–water partition coefficient (Wildman–Crippen LogP) is 3.89. The van der Waals surface area contributed by atoms with E-state index >= 15 is 0 Å². The second-order valence-corrected chi connectivity index (χ2v) is 6.69. The Bertz CT molecular complexity index is 1120. The third-order valence-electron chi connectivity index (χ3n) is 4.70. The van der Waals surface area contributed by atoms with E-state index in [1.807, 2.05) is 47.9 Å². The second kappa shape index (κ2) is 8.28. The Balaban J connectivity index is 1.75. The van der Waals surface area contributed by atoms with Crippen LogP contribution in [0.25, 0.3) is 16.9 Å². The van der Waals surface area contributed by atoms with Gasteiger partial charge in [0, 0.05) is 24.7 Å². The summed E-state index contributed by atoms with van der Waals surface area (Å²) in [7, 11) is 3.25. The van der Waals surface area contributed by atoms with Crippen molar-refractivity contribution in [1.82, 2.24) is 19.5 Å². The molecule has 7 heteroatoms. The van der Waals surface area contributed by atoms with Crippen molar-refractivity contribution in [3.8, 4) is 12.0 Å². The number of rotatable bonds is 7. The summed E-state index contributed by atoms with van der Waals surface area (Å²) in [6.45, 7) is 3.19. The number of hydrogen-bond donors (Lipinski definition) is 1. The Labute approximate surface area is 169 Å². The summed E-state index contributed by atoms with van der Waals surface area (Å²) in [5.41, 5.74) is 4.29. The van der Waals surface area contributed by atoms with Gasteiger partial charge in [-0.05, 0) is 30.2 Å². The highest BCUT2D eigenvalue weighted by molar-refractivity contribution is 5.86. The molecule has 2 heterocycles. The standard InChI is InChI=1S/C22H23N5O2/c1-15-12-18-17(14-28-2)10-7-11-19(18)27(15)21-24-20(25-22(26-21)29-3)23-13-16-8-5-4-6-9-16/h4-12H,13-14H2,1-3H3,(H,23,24,25,26). The lowest BCUT2D eigenvalue weighted by Crippen LogP contribution is -2.10. The zero-order chi connectivity index (χ0) is 20.2. The molecule has 0 aliphatic carbocycles. The summed E-state index contributed by atoms with van der Waals surface area (Å²) < 4.78 is 12.7. The van der Waals surface area contributed by atoms with Crippen LogP contribution in [0.2, 0.25) is 0 Å². The molecule has 0 atom stereocenters. The van der Waals surface area contributed by atoms with E-state index < -0.39 is 0 Å². The van der Waals surface area contributed by atoms with Crippen LogP contribution in [0.15, 0.2) is 54.6 Å². The van der Waals surface area contributed by atoms with Gasteiger partial charge in [-0.15, -0.1) is 0 Å². The van der Waals surface area contributed by atoms with Crippen LogP contribution in [0.3, 0.4) is 0 Å². The SMILES string of the molecule is COCc1cccc2c1cc(C)n2-c1nc(NCc2ccccc2)nc(OC)n1. The number of fused-ring (bicyclic) bond motifs is 1. The molecule has 148 valence electrons. The molecule has 4 aromatic rings. The smallest absolute Gasteiger partial charge is 0.322 e. The molecule has 0 fully saturated rings. The molecule has 7 nitrogen and oxygen atoms in total. The normalized spacial score (nSPS) is 11.0. The van der Waals surface area contributed by atoms with Crippen LogP contribution >= 0.6 is 0 Å². The van der Waals surface area contributed by atoms with Crippen LogP contribution in [-0.2, 0) is 17.9 Å². The Kier molecular flexibility index (Phi) is 5.39. The lowest BCUT2D eigenvalue weighted by atomic mass is 10.1. The predicted molar refractivity (Wildman–Crippen MR) is 112 cm³/mol. The number of benzene rings is 2. The fourth-order valence-corrected chi connectivity index (χ4v) is 3.36. The summed E-state index contributed by atoms with van der Waals surface area (Å²) in [6.07, 6.45) is 0. The highest BCUT2D eigenvalue weighted by Crippen LogP contribution is 2.27. The quantitative estimate of drug-likeness (QED) is 0.517. The minimum atomic E-state index is 0.264. The number of nitrogens with one attached hydrogen (secondary N) is 1. The fourth-order valence-electron chi connectivity index (χ4n) is 3.36. The van der Waals surface area contributed by atoms with Gasteiger partial charge in [0.1, 0.15) is 0 Å². The molecule has 0 radical (unpaired) electrons. The second-order valence-electron chi connectivity index (χ2n) is 6.69. The van der Waals surface area contributed by atoms with E-state index in [1.54, 1.807) is 14.2 Å². The first-order valence-electron chi connectivity index (χ1n) is 9.36. The number of aryl methyl sites for hydroxylation is 1. The maximum absolute atomic E-state index is 5.34. The number of nitrogens with zero attached hydrogens (tertiary/aromatic N) is 4. The molecule has 0 amide bonds. The van der Waals surface area contributed by atoms with E-state index in [1.165, 1.54) is 0 Å². The maximum Gasteiger partial charge on any atom is 0.322 e. The third kappa shape index (κ3) is 3.90. The van der Waals surface area contributed by atoms with Crippen molar-refractivity contribution in [2.75, 3.05) is 19.5 Å². The van der Waals surface area contributed by atoms with E-state index in [4.69, 9.17) is 9.47 Å². The van der Waals surface area contributed by atoms with Gasteiger partial charge in [0.05, 0.1) is 19.2 Å². The molecule has 0 spiro atoms. The molecule has 0 unspecified atom stereocenters. The lowest BCUT2D eigenvalue weighted by Gasteiger charge is -2.11. The van der Waals surface area contributed by atoms with Crippen LogP contribution in [0.1, 0.15) is 16.8 Å². The van der Waals surface area contributed by atoms with Crippen molar-refractivity contribution < 1.29 is 9.47 Å². The fraction of sp³-hybridized carbons (Fsp3) is 0.227. The zero-order valence-electron chi connectivity index (χ0n) is 16.7.